The van der Waals surface area contributed by atoms with Gasteiger partial charge in [0, 0.05) is 13.1 Å². The van der Waals surface area contributed by atoms with E-state index in [9.17, 15) is 13.2 Å². The van der Waals surface area contributed by atoms with Crippen LogP contribution in [0, 0.1) is 5.92 Å². The molecule has 1 unspecified atom stereocenters. The van der Waals surface area contributed by atoms with Crippen molar-refractivity contribution in [2.75, 3.05) is 18.0 Å². The number of rotatable bonds is 1. The first kappa shape index (κ1) is 12.4. The summed E-state index contributed by atoms with van der Waals surface area (Å²) in [6, 6.07) is 0. The topological polar surface area (TPSA) is 29.0 Å². The van der Waals surface area contributed by atoms with Crippen molar-refractivity contribution in [3.05, 3.63) is 17.5 Å². The molecule has 1 aromatic heterocycles. The lowest BCUT2D eigenvalue weighted by molar-refractivity contribution is -0.176. The first-order valence-corrected chi connectivity index (χ1v) is 5.64. The van der Waals surface area contributed by atoms with Gasteiger partial charge in [-0.2, -0.15) is 13.2 Å². The molecule has 7 heteroatoms. The molecule has 0 aliphatic carbocycles. The van der Waals surface area contributed by atoms with Gasteiger partial charge >= 0.3 is 6.18 Å². The summed E-state index contributed by atoms with van der Waals surface area (Å²) in [4.78, 5) is 9.39. The van der Waals surface area contributed by atoms with E-state index in [1.165, 1.54) is 12.4 Å². The van der Waals surface area contributed by atoms with Crippen LogP contribution in [0.1, 0.15) is 12.8 Å². The maximum Gasteiger partial charge on any atom is 0.393 e. The second-order valence-electron chi connectivity index (χ2n) is 4.03. The normalized spacial score (nSPS) is 21.6. The smallest absolute Gasteiger partial charge is 0.355 e. The Morgan fingerprint density at radius 1 is 1.35 bits per heavy atom. The van der Waals surface area contributed by atoms with E-state index >= 15 is 0 Å². The van der Waals surface area contributed by atoms with Crippen LogP contribution in [0.15, 0.2) is 12.4 Å². The van der Waals surface area contributed by atoms with Gasteiger partial charge in [0.25, 0.3) is 0 Å². The standard InChI is InChI=1S/C10H11ClF3N3/c11-8-4-15-5-9(16-8)17-3-1-2-7(6-17)10(12,13)14/h4-5,7H,1-3,6H2. The quantitative estimate of drug-likeness (QED) is 0.782. The van der Waals surface area contributed by atoms with E-state index in [-0.39, 0.29) is 18.1 Å². The highest BCUT2D eigenvalue weighted by Crippen LogP contribution is 2.34. The minimum absolute atomic E-state index is 0.0709. The van der Waals surface area contributed by atoms with Crippen molar-refractivity contribution >= 4 is 17.4 Å². The van der Waals surface area contributed by atoms with E-state index in [2.05, 4.69) is 9.97 Å². The summed E-state index contributed by atoms with van der Waals surface area (Å²) >= 11 is 5.67. The predicted molar refractivity (Wildman–Crippen MR) is 58.0 cm³/mol. The Kier molecular flexibility index (Phi) is 3.42. The molecule has 0 aromatic carbocycles. The Morgan fingerprint density at radius 2 is 2.12 bits per heavy atom. The molecule has 0 N–H and O–H groups in total. The largest absolute Gasteiger partial charge is 0.393 e. The Morgan fingerprint density at radius 3 is 2.76 bits per heavy atom. The van der Waals surface area contributed by atoms with E-state index < -0.39 is 12.1 Å². The van der Waals surface area contributed by atoms with Crippen LogP contribution in [-0.2, 0) is 0 Å². The first-order chi connectivity index (χ1) is 7.97. The fourth-order valence-electron chi connectivity index (χ4n) is 1.94. The minimum Gasteiger partial charge on any atom is -0.355 e. The summed E-state index contributed by atoms with van der Waals surface area (Å²) in [6.07, 6.45) is -0.683. The number of nitrogens with zero attached hydrogens (tertiary/aromatic N) is 3. The van der Waals surface area contributed by atoms with E-state index in [1.54, 1.807) is 4.90 Å². The van der Waals surface area contributed by atoms with Crippen molar-refractivity contribution in [3.8, 4) is 0 Å². The van der Waals surface area contributed by atoms with Crippen LogP contribution in [0.25, 0.3) is 0 Å². The van der Waals surface area contributed by atoms with Gasteiger partial charge in [0.1, 0.15) is 11.0 Å². The van der Waals surface area contributed by atoms with Crippen LogP contribution in [-0.4, -0.2) is 29.2 Å². The second kappa shape index (κ2) is 4.68. The van der Waals surface area contributed by atoms with Crippen molar-refractivity contribution < 1.29 is 13.2 Å². The van der Waals surface area contributed by atoms with Gasteiger partial charge in [-0.15, -0.1) is 0 Å². The van der Waals surface area contributed by atoms with Crippen LogP contribution in [0.2, 0.25) is 5.15 Å². The molecular weight excluding hydrogens is 255 g/mol. The SMILES string of the molecule is FC(F)(F)C1CCCN(c2cncc(Cl)n2)C1. The number of aromatic nitrogens is 2. The molecule has 3 nitrogen and oxygen atoms in total. The fraction of sp³-hybridized carbons (Fsp3) is 0.600. The van der Waals surface area contributed by atoms with Gasteiger partial charge in [-0.05, 0) is 12.8 Å². The van der Waals surface area contributed by atoms with Crippen LogP contribution >= 0.6 is 11.6 Å². The van der Waals surface area contributed by atoms with Crippen molar-refractivity contribution in [3.63, 3.8) is 0 Å². The van der Waals surface area contributed by atoms with Crippen LogP contribution in [0.4, 0.5) is 19.0 Å². The maximum atomic E-state index is 12.6. The van der Waals surface area contributed by atoms with Gasteiger partial charge in [-0.25, -0.2) is 4.98 Å². The van der Waals surface area contributed by atoms with Gasteiger partial charge in [-0.1, -0.05) is 11.6 Å². The predicted octanol–water partition coefficient (Wildman–Crippen LogP) is 2.91. The van der Waals surface area contributed by atoms with E-state index in [4.69, 9.17) is 11.6 Å². The minimum atomic E-state index is -4.15. The van der Waals surface area contributed by atoms with Gasteiger partial charge in [0.05, 0.1) is 18.3 Å². The summed E-state index contributed by atoms with van der Waals surface area (Å²) in [5.74, 6) is -0.886. The zero-order valence-corrected chi connectivity index (χ0v) is 9.67. The molecule has 1 aliphatic rings. The molecule has 0 radical (unpaired) electrons. The zero-order chi connectivity index (χ0) is 12.5. The molecule has 1 fully saturated rings. The van der Waals surface area contributed by atoms with Crippen LogP contribution < -0.4 is 4.90 Å². The third-order valence-corrected chi connectivity index (χ3v) is 2.98. The van der Waals surface area contributed by atoms with Crippen molar-refractivity contribution in [1.82, 2.24) is 9.97 Å². The van der Waals surface area contributed by atoms with Gasteiger partial charge in [0.15, 0.2) is 0 Å². The van der Waals surface area contributed by atoms with Crippen molar-refractivity contribution in [2.24, 2.45) is 5.92 Å². The van der Waals surface area contributed by atoms with E-state index in [0.29, 0.717) is 18.8 Å². The highest BCUT2D eigenvalue weighted by atomic mass is 35.5. The van der Waals surface area contributed by atoms with E-state index in [0.717, 1.165) is 0 Å². The molecule has 0 amide bonds. The van der Waals surface area contributed by atoms with Gasteiger partial charge < -0.3 is 4.90 Å². The summed E-state index contributed by atoms with van der Waals surface area (Å²) in [7, 11) is 0. The molecule has 1 aromatic rings. The molecule has 2 heterocycles. The lowest BCUT2D eigenvalue weighted by Crippen LogP contribution is -2.42. The molecule has 1 saturated heterocycles. The summed E-state index contributed by atoms with van der Waals surface area (Å²) in [5, 5.41) is 0.191. The summed E-state index contributed by atoms with van der Waals surface area (Å²) in [6.45, 7) is 0.486. The number of alkyl halides is 3. The third kappa shape index (κ3) is 3.00. The monoisotopic (exact) mass is 265 g/mol. The maximum absolute atomic E-state index is 12.6. The van der Waals surface area contributed by atoms with Gasteiger partial charge in [-0.3, -0.25) is 4.98 Å². The molecule has 0 spiro atoms. The average molecular weight is 266 g/mol. The first-order valence-electron chi connectivity index (χ1n) is 5.26. The highest BCUT2D eigenvalue weighted by Gasteiger charge is 2.42. The average Bonchev–Trinajstić information content (AvgIpc) is 2.28. The third-order valence-electron chi connectivity index (χ3n) is 2.80. The molecule has 2 rings (SSSR count). The van der Waals surface area contributed by atoms with Crippen LogP contribution in [0.3, 0.4) is 0 Å². The molecule has 17 heavy (non-hydrogen) atoms. The number of hydrogen-bond donors (Lipinski definition) is 0. The van der Waals surface area contributed by atoms with Crippen LogP contribution in [0.5, 0.6) is 0 Å². The lowest BCUT2D eigenvalue weighted by atomic mass is 9.98. The molecular formula is C10H11ClF3N3. The Bertz CT molecular complexity index is 397. The lowest BCUT2D eigenvalue weighted by Gasteiger charge is -2.34. The highest BCUT2D eigenvalue weighted by molar-refractivity contribution is 6.29. The summed E-state index contributed by atoms with van der Waals surface area (Å²) < 4.78 is 37.9. The summed E-state index contributed by atoms with van der Waals surface area (Å²) in [5.41, 5.74) is 0. The molecule has 1 atom stereocenters. The van der Waals surface area contributed by atoms with Gasteiger partial charge in [0.2, 0.25) is 0 Å². The number of halogens is 4. The fourth-order valence-corrected chi connectivity index (χ4v) is 2.08. The second-order valence-corrected chi connectivity index (χ2v) is 4.41. The molecule has 0 bridgehead atoms. The number of piperidine rings is 1. The number of anilines is 1. The number of hydrogen-bond acceptors (Lipinski definition) is 3. The molecule has 94 valence electrons. The Balaban J connectivity index is 2.12. The van der Waals surface area contributed by atoms with Crippen molar-refractivity contribution in [1.29, 1.82) is 0 Å². The molecule has 1 aliphatic heterocycles. The molecule has 0 saturated carbocycles. The zero-order valence-electron chi connectivity index (χ0n) is 8.91. The Hall–Kier alpha value is -1.04. The van der Waals surface area contributed by atoms with E-state index in [1.807, 2.05) is 0 Å². The Labute approximate surface area is 102 Å². The van der Waals surface area contributed by atoms with Crippen molar-refractivity contribution in [2.45, 2.75) is 19.0 Å².